The number of thiazole rings is 1. The molecule has 2 heterocycles. The Morgan fingerprint density at radius 1 is 1.44 bits per heavy atom. The fourth-order valence-corrected chi connectivity index (χ4v) is 3.09. The fourth-order valence-electron chi connectivity index (χ4n) is 1.96. The second kappa shape index (κ2) is 3.56. The zero-order valence-corrected chi connectivity index (χ0v) is 9.76. The molecular formula is C12H11NO2S. The van der Waals surface area contributed by atoms with Crippen LogP contribution in [0.5, 0.6) is 0 Å². The molecule has 3 nitrogen and oxygen atoms in total. The molecule has 3 rings (SSSR count). The van der Waals surface area contributed by atoms with Crippen molar-refractivity contribution in [3.8, 4) is 10.8 Å². The van der Waals surface area contributed by atoms with Gasteiger partial charge in [-0.2, -0.15) is 0 Å². The predicted octanol–water partition coefficient (Wildman–Crippen LogP) is 3.23. The van der Waals surface area contributed by atoms with E-state index in [1.54, 1.807) is 6.26 Å². The van der Waals surface area contributed by atoms with E-state index < -0.39 is 0 Å². The minimum absolute atomic E-state index is 0.231. The number of rotatable bonds is 1. The number of ketones is 1. The standard InChI is InChI=1S/C12H11NO2S/c1-7-5-6-15-10(7)12-13-8-3-2-4-9(14)11(8)16-12/h5-6H,2-4H2,1H3. The number of fused-ring (bicyclic) bond motifs is 1. The Balaban J connectivity index is 2.11. The molecule has 0 radical (unpaired) electrons. The van der Waals surface area contributed by atoms with Gasteiger partial charge in [-0.3, -0.25) is 4.79 Å². The summed E-state index contributed by atoms with van der Waals surface area (Å²) in [4.78, 5) is 17.0. The monoisotopic (exact) mass is 233 g/mol. The maximum absolute atomic E-state index is 11.7. The molecule has 0 fully saturated rings. The van der Waals surface area contributed by atoms with Crippen LogP contribution in [0.1, 0.15) is 33.8 Å². The van der Waals surface area contributed by atoms with Gasteiger partial charge in [0.2, 0.25) is 0 Å². The van der Waals surface area contributed by atoms with Crippen molar-refractivity contribution in [1.82, 2.24) is 4.98 Å². The van der Waals surface area contributed by atoms with E-state index in [1.807, 2.05) is 13.0 Å². The van der Waals surface area contributed by atoms with E-state index in [1.165, 1.54) is 11.3 Å². The van der Waals surface area contributed by atoms with E-state index in [0.29, 0.717) is 6.42 Å². The molecule has 1 aliphatic carbocycles. The lowest BCUT2D eigenvalue weighted by atomic mass is 10.0. The SMILES string of the molecule is Cc1ccoc1-c1nc2c(s1)C(=O)CCC2. The van der Waals surface area contributed by atoms with Crippen LogP contribution in [0, 0.1) is 6.92 Å². The van der Waals surface area contributed by atoms with Gasteiger partial charge in [0, 0.05) is 6.42 Å². The van der Waals surface area contributed by atoms with E-state index in [9.17, 15) is 4.79 Å². The lowest BCUT2D eigenvalue weighted by molar-refractivity contribution is 0.0976. The molecule has 0 unspecified atom stereocenters. The van der Waals surface area contributed by atoms with Crippen LogP contribution in [0.25, 0.3) is 10.8 Å². The first kappa shape index (κ1) is 9.78. The number of aromatic nitrogens is 1. The molecule has 0 bridgehead atoms. The molecule has 0 saturated heterocycles. The Morgan fingerprint density at radius 2 is 2.31 bits per heavy atom. The summed E-state index contributed by atoms with van der Waals surface area (Å²) in [6.45, 7) is 1.99. The third-order valence-electron chi connectivity index (χ3n) is 2.82. The number of nitrogens with zero attached hydrogens (tertiary/aromatic N) is 1. The Kier molecular flexibility index (Phi) is 2.17. The summed E-state index contributed by atoms with van der Waals surface area (Å²) in [5.41, 5.74) is 2.02. The topological polar surface area (TPSA) is 43.1 Å². The quantitative estimate of drug-likeness (QED) is 0.759. The minimum Gasteiger partial charge on any atom is -0.462 e. The van der Waals surface area contributed by atoms with Crippen LogP contribution in [-0.4, -0.2) is 10.8 Å². The Labute approximate surface area is 97.1 Å². The van der Waals surface area contributed by atoms with E-state index in [-0.39, 0.29) is 5.78 Å². The molecule has 0 amide bonds. The highest BCUT2D eigenvalue weighted by Crippen LogP contribution is 2.34. The van der Waals surface area contributed by atoms with Gasteiger partial charge in [0.1, 0.15) is 0 Å². The molecule has 82 valence electrons. The first-order valence-electron chi connectivity index (χ1n) is 5.33. The number of hydrogen-bond acceptors (Lipinski definition) is 4. The van der Waals surface area contributed by atoms with Crippen molar-refractivity contribution in [2.75, 3.05) is 0 Å². The summed E-state index contributed by atoms with van der Waals surface area (Å²) in [5.74, 6) is 1.03. The van der Waals surface area contributed by atoms with Crippen molar-refractivity contribution in [2.45, 2.75) is 26.2 Å². The van der Waals surface area contributed by atoms with Crippen molar-refractivity contribution < 1.29 is 9.21 Å². The maximum Gasteiger partial charge on any atom is 0.174 e. The Morgan fingerprint density at radius 3 is 3.00 bits per heavy atom. The molecule has 0 aliphatic heterocycles. The fraction of sp³-hybridized carbons (Fsp3) is 0.333. The summed E-state index contributed by atoms with van der Waals surface area (Å²) >= 11 is 1.46. The number of carbonyl (C=O) groups is 1. The largest absolute Gasteiger partial charge is 0.462 e. The minimum atomic E-state index is 0.231. The number of aryl methyl sites for hydroxylation is 2. The Bertz CT molecular complexity index is 553. The molecular weight excluding hydrogens is 222 g/mol. The second-order valence-corrected chi connectivity index (χ2v) is 5.00. The maximum atomic E-state index is 11.7. The van der Waals surface area contributed by atoms with Crippen molar-refractivity contribution in [3.63, 3.8) is 0 Å². The number of Topliss-reactive ketones (excluding diaryl/α,β-unsaturated/α-hetero) is 1. The number of furan rings is 1. The van der Waals surface area contributed by atoms with Gasteiger partial charge < -0.3 is 4.42 Å². The van der Waals surface area contributed by atoms with Gasteiger partial charge >= 0.3 is 0 Å². The van der Waals surface area contributed by atoms with Crippen LogP contribution in [-0.2, 0) is 6.42 Å². The van der Waals surface area contributed by atoms with Gasteiger partial charge in [0.05, 0.1) is 16.8 Å². The van der Waals surface area contributed by atoms with Gasteiger partial charge in [-0.25, -0.2) is 4.98 Å². The van der Waals surface area contributed by atoms with Gasteiger partial charge in [-0.15, -0.1) is 11.3 Å². The normalized spacial score (nSPS) is 15.2. The van der Waals surface area contributed by atoms with E-state index in [0.717, 1.165) is 39.7 Å². The molecule has 0 aromatic carbocycles. The smallest absolute Gasteiger partial charge is 0.174 e. The average Bonchev–Trinajstić information content (AvgIpc) is 2.84. The van der Waals surface area contributed by atoms with Crippen molar-refractivity contribution in [1.29, 1.82) is 0 Å². The molecule has 0 saturated carbocycles. The van der Waals surface area contributed by atoms with Crippen LogP contribution in [0.2, 0.25) is 0 Å². The highest BCUT2D eigenvalue weighted by molar-refractivity contribution is 7.17. The summed E-state index contributed by atoms with van der Waals surface area (Å²) in [6.07, 6.45) is 4.15. The summed E-state index contributed by atoms with van der Waals surface area (Å²) in [6, 6.07) is 1.91. The van der Waals surface area contributed by atoms with Gasteiger partial charge in [0.25, 0.3) is 0 Å². The van der Waals surface area contributed by atoms with E-state index in [2.05, 4.69) is 4.98 Å². The Hall–Kier alpha value is -1.42. The van der Waals surface area contributed by atoms with Crippen molar-refractivity contribution in [3.05, 3.63) is 28.5 Å². The number of carbonyl (C=O) groups excluding carboxylic acids is 1. The third kappa shape index (κ3) is 1.41. The third-order valence-corrected chi connectivity index (χ3v) is 3.96. The molecule has 1 aliphatic rings. The van der Waals surface area contributed by atoms with Crippen LogP contribution < -0.4 is 0 Å². The molecule has 4 heteroatoms. The zero-order valence-electron chi connectivity index (χ0n) is 8.95. The molecule has 16 heavy (non-hydrogen) atoms. The van der Waals surface area contributed by atoms with Crippen LogP contribution in [0.4, 0.5) is 0 Å². The molecule has 0 spiro atoms. The first-order chi connectivity index (χ1) is 7.75. The first-order valence-corrected chi connectivity index (χ1v) is 6.15. The van der Waals surface area contributed by atoms with Crippen LogP contribution in [0.3, 0.4) is 0 Å². The van der Waals surface area contributed by atoms with E-state index in [4.69, 9.17) is 4.42 Å². The molecule has 0 atom stereocenters. The highest BCUT2D eigenvalue weighted by Gasteiger charge is 2.23. The molecule has 2 aromatic heterocycles. The second-order valence-electron chi connectivity index (χ2n) is 4.00. The summed E-state index contributed by atoms with van der Waals surface area (Å²) in [7, 11) is 0. The van der Waals surface area contributed by atoms with Crippen molar-refractivity contribution >= 4 is 17.1 Å². The highest BCUT2D eigenvalue weighted by atomic mass is 32.1. The molecule has 0 N–H and O–H groups in total. The molecule has 2 aromatic rings. The van der Waals surface area contributed by atoms with Gasteiger partial charge in [0.15, 0.2) is 16.6 Å². The predicted molar refractivity (Wildman–Crippen MR) is 61.8 cm³/mol. The van der Waals surface area contributed by atoms with Crippen LogP contribution in [0.15, 0.2) is 16.7 Å². The lowest BCUT2D eigenvalue weighted by Crippen LogP contribution is -2.07. The van der Waals surface area contributed by atoms with Gasteiger partial charge in [-0.1, -0.05) is 0 Å². The summed E-state index contributed by atoms with van der Waals surface area (Å²) < 4.78 is 5.40. The van der Waals surface area contributed by atoms with Crippen LogP contribution >= 0.6 is 11.3 Å². The lowest BCUT2D eigenvalue weighted by Gasteiger charge is -2.06. The van der Waals surface area contributed by atoms with E-state index >= 15 is 0 Å². The number of hydrogen-bond donors (Lipinski definition) is 0. The van der Waals surface area contributed by atoms with Gasteiger partial charge in [-0.05, 0) is 31.4 Å². The van der Waals surface area contributed by atoms with Crippen molar-refractivity contribution in [2.24, 2.45) is 0 Å². The average molecular weight is 233 g/mol. The zero-order chi connectivity index (χ0) is 11.1. The summed E-state index contributed by atoms with van der Waals surface area (Å²) in [5, 5.41) is 0.836.